The number of carbonyl (C=O) groups excluding carboxylic acids is 1. The van der Waals surface area contributed by atoms with Crippen molar-refractivity contribution >= 4 is 15.9 Å². The summed E-state index contributed by atoms with van der Waals surface area (Å²) in [7, 11) is -4.41. The topological polar surface area (TPSA) is 102 Å². The van der Waals surface area contributed by atoms with Gasteiger partial charge in [-0.2, -0.15) is 0 Å². The predicted molar refractivity (Wildman–Crippen MR) is 52.4 cm³/mol. The number of ketones is 1. The smallest absolute Gasteiger partial charge is 0.146 e. The fourth-order valence-electron chi connectivity index (χ4n) is 0.695. The quantitative estimate of drug-likeness (QED) is 0.503. The Kier molecular flexibility index (Phi) is 8.61. The Morgan fingerprint density at radius 2 is 2.00 bits per heavy atom. The van der Waals surface area contributed by atoms with Crippen molar-refractivity contribution in [2.24, 2.45) is 0 Å². The molecule has 0 fully saturated rings. The van der Waals surface area contributed by atoms with Crippen molar-refractivity contribution in [2.45, 2.75) is 25.5 Å². The monoisotopic (exact) mass is 223 g/mol. The third kappa shape index (κ3) is 7.90. The molecule has 0 bridgehead atoms. The van der Waals surface area contributed by atoms with Crippen LogP contribution in [0, 0.1) is 0 Å². The number of hydrogen-bond donors (Lipinski definition) is 1. The molecule has 14 heavy (non-hydrogen) atoms. The van der Waals surface area contributed by atoms with Crippen LogP contribution in [-0.2, 0) is 14.9 Å². The van der Waals surface area contributed by atoms with Crippen LogP contribution < -0.4 is 5.73 Å². The zero-order valence-corrected chi connectivity index (χ0v) is 9.34. The fraction of sp³-hybridized carbons (Fsp3) is 0.625. The fourth-order valence-corrected chi connectivity index (χ4v) is 1.51. The summed E-state index contributed by atoms with van der Waals surface area (Å²) >= 11 is 0. The average Bonchev–Trinajstić information content (AvgIpc) is 2.02. The zero-order valence-electron chi connectivity index (χ0n) is 8.52. The van der Waals surface area contributed by atoms with Gasteiger partial charge in [0.15, 0.2) is 0 Å². The minimum Gasteiger partial charge on any atom is -0.747 e. The lowest BCUT2D eigenvalue weighted by Crippen LogP contribution is -2.48. The second kappa shape index (κ2) is 7.66. The molecule has 0 aliphatic heterocycles. The van der Waals surface area contributed by atoms with Crippen molar-refractivity contribution in [2.75, 3.05) is 6.54 Å². The maximum Gasteiger partial charge on any atom is 0.146 e. The van der Waals surface area contributed by atoms with Crippen LogP contribution in [-0.4, -0.2) is 30.5 Å². The predicted octanol–water partition coefficient (Wildman–Crippen LogP) is -0.686. The summed E-state index contributed by atoms with van der Waals surface area (Å²) in [6.07, 6.45) is 1.82. The van der Waals surface area contributed by atoms with Gasteiger partial charge in [0.25, 0.3) is 0 Å². The molecule has 0 heterocycles. The van der Waals surface area contributed by atoms with E-state index in [0.717, 1.165) is 13.5 Å². The molecule has 0 aromatic rings. The highest BCUT2D eigenvalue weighted by atomic mass is 32.2. The molecule has 0 amide bonds. The van der Waals surface area contributed by atoms with Gasteiger partial charge in [-0.1, -0.05) is 13.5 Å². The van der Waals surface area contributed by atoms with Crippen LogP contribution in [0.3, 0.4) is 0 Å². The van der Waals surface area contributed by atoms with Gasteiger partial charge in [-0.3, -0.25) is 4.79 Å². The number of hydrogen-bond acceptors (Lipinski definition) is 4. The Labute approximate surface area is 84.7 Å². The second-order valence-corrected chi connectivity index (χ2v) is 4.13. The Balaban J connectivity index is 0. The first kappa shape index (κ1) is 15.7. The highest BCUT2D eigenvalue weighted by molar-refractivity contribution is 7.87. The molecule has 0 saturated carbocycles. The van der Waals surface area contributed by atoms with E-state index in [4.69, 9.17) is 0 Å². The van der Waals surface area contributed by atoms with E-state index in [1.807, 2.05) is 0 Å². The molecule has 5 nitrogen and oxygen atoms in total. The van der Waals surface area contributed by atoms with Gasteiger partial charge in [-0.15, -0.1) is 0 Å². The molecule has 0 aliphatic carbocycles. The van der Waals surface area contributed by atoms with Crippen molar-refractivity contribution in [1.82, 2.24) is 0 Å². The van der Waals surface area contributed by atoms with Crippen LogP contribution in [0.2, 0.25) is 0 Å². The van der Waals surface area contributed by atoms with Crippen molar-refractivity contribution in [1.29, 1.82) is 0 Å². The van der Waals surface area contributed by atoms with Crippen LogP contribution in [0.15, 0.2) is 12.7 Å². The molecule has 0 rings (SSSR count). The summed E-state index contributed by atoms with van der Waals surface area (Å²) in [5, 5.41) is -1.35. The van der Waals surface area contributed by atoms with Crippen LogP contribution >= 0.6 is 0 Å². The van der Waals surface area contributed by atoms with E-state index < -0.39 is 21.2 Å². The van der Waals surface area contributed by atoms with Crippen molar-refractivity contribution in [3.05, 3.63) is 12.7 Å². The van der Waals surface area contributed by atoms with E-state index in [1.165, 1.54) is 6.92 Å². The van der Waals surface area contributed by atoms with Crippen LogP contribution in [0.25, 0.3) is 0 Å². The van der Waals surface area contributed by atoms with Crippen molar-refractivity contribution < 1.29 is 23.5 Å². The molecule has 0 aliphatic rings. The first-order valence-corrected chi connectivity index (χ1v) is 5.63. The summed E-state index contributed by atoms with van der Waals surface area (Å²) in [6, 6.07) is 0. The van der Waals surface area contributed by atoms with E-state index in [9.17, 15) is 17.8 Å². The van der Waals surface area contributed by atoms with E-state index in [0.29, 0.717) is 0 Å². The first-order chi connectivity index (χ1) is 6.31. The molecule has 3 N–H and O–H groups in total. The van der Waals surface area contributed by atoms with E-state index in [1.54, 1.807) is 6.08 Å². The molecule has 0 radical (unpaired) electrons. The lowest BCUT2D eigenvalue weighted by atomic mass is 10.2. The summed E-state index contributed by atoms with van der Waals surface area (Å²) < 4.78 is 30.7. The van der Waals surface area contributed by atoms with Crippen LogP contribution in [0.4, 0.5) is 0 Å². The van der Waals surface area contributed by atoms with Gasteiger partial charge in [-0.05, 0) is 19.4 Å². The third-order valence-corrected chi connectivity index (χ3v) is 2.74. The minimum absolute atomic E-state index is 0.0567. The Hall–Kier alpha value is -0.720. The van der Waals surface area contributed by atoms with Gasteiger partial charge < -0.3 is 10.3 Å². The molecule has 1 atom stereocenters. The Morgan fingerprint density at radius 3 is 2.00 bits per heavy atom. The summed E-state index contributed by atoms with van der Waals surface area (Å²) in [4.78, 5) is 10.4. The Bertz CT molecular complexity index is 271. The molecule has 0 aromatic heterocycles. The molecule has 0 saturated heterocycles. The largest absolute Gasteiger partial charge is 0.747 e. The van der Waals surface area contributed by atoms with Gasteiger partial charge in [0.1, 0.15) is 21.2 Å². The molecular weight excluding hydrogens is 206 g/mol. The molecule has 6 heteroatoms. The Morgan fingerprint density at radius 1 is 1.64 bits per heavy atom. The lowest BCUT2D eigenvalue weighted by Gasteiger charge is -2.14. The van der Waals surface area contributed by atoms with E-state index >= 15 is 0 Å². The summed E-state index contributed by atoms with van der Waals surface area (Å²) in [5.74, 6) is -0.586. The minimum atomic E-state index is -4.41. The lowest BCUT2D eigenvalue weighted by molar-refractivity contribution is -0.352. The average molecular weight is 223 g/mol. The SMILES string of the molecule is C=CC[NH3+].CCC(C(C)=O)S(=O)(=O)[O-]. The number of rotatable bonds is 4. The summed E-state index contributed by atoms with van der Waals surface area (Å²) in [5.41, 5.74) is 3.49. The second-order valence-electron chi connectivity index (χ2n) is 2.58. The van der Waals surface area contributed by atoms with Gasteiger partial charge in [0, 0.05) is 0 Å². The standard InChI is InChI=1S/C5H10O4S.C3H7N/c1-3-5(4(2)6)10(7,8)9;1-2-3-4/h5H,3H2,1-2H3,(H,7,8,9);2H,1,3-4H2. The normalized spacial score (nSPS) is 12.3. The first-order valence-electron chi connectivity index (χ1n) is 4.16. The third-order valence-electron chi connectivity index (χ3n) is 1.38. The maximum atomic E-state index is 10.4. The molecule has 84 valence electrons. The van der Waals surface area contributed by atoms with Gasteiger partial charge in [0.2, 0.25) is 0 Å². The molecular formula is C8H17NO4S. The van der Waals surface area contributed by atoms with Crippen molar-refractivity contribution in [3.8, 4) is 0 Å². The van der Waals surface area contributed by atoms with Gasteiger partial charge >= 0.3 is 0 Å². The van der Waals surface area contributed by atoms with Crippen LogP contribution in [0.1, 0.15) is 20.3 Å². The van der Waals surface area contributed by atoms with Crippen molar-refractivity contribution in [3.63, 3.8) is 0 Å². The molecule has 0 spiro atoms. The number of Topliss-reactive ketones (excluding diaryl/α,β-unsaturated/α-hetero) is 1. The molecule has 0 aromatic carbocycles. The highest BCUT2D eigenvalue weighted by Gasteiger charge is 2.18. The highest BCUT2D eigenvalue weighted by Crippen LogP contribution is 2.03. The number of quaternary nitrogens is 1. The summed E-state index contributed by atoms with van der Waals surface area (Å²) in [6.45, 7) is 6.84. The van der Waals surface area contributed by atoms with Gasteiger partial charge in [-0.25, -0.2) is 8.42 Å². The van der Waals surface area contributed by atoms with Gasteiger partial charge in [0.05, 0.1) is 6.54 Å². The molecule has 1 unspecified atom stereocenters. The zero-order chi connectivity index (χ0) is 11.8. The van der Waals surface area contributed by atoms with E-state index in [-0.39, 0.29) is 6.42 Å². The maximum absolute atomic E-state index is 10.4. The number of carbonyl (C=O) groups is 1. The van der Waals surface area contributed by atoms with Crippen LogP contribution in [0.5, 0.6) is 0 Å². The van der Waals surface area contributed by atoms with E-state index in [2.05, 4.69) is 12.3 Å².